The first-order valence-corrected chi connectivity index (χ1v) is 11.2. The van der Waals surface area contributed by atoms with Crippen molar-refractivity contribution >= 4 is 40.1 Å². The Balaban J connectivity index is 1.84. The monoisotopic (exact) mass is 463 g/mol. The molecule has 0 aliphatic carbocycles. The summed E-state index contributed by atoms with van der Waals surface area (Å²) in [6.45, 7) is 4.21. The van der Waals surface area contributed by atoms with Gasteiger partial charge in [-0.25, -0.2) is 9.37 Å². The highest BCUT2D eigenvalue weighted by atomic mass is 35.5. The number of aromatic nitrogens is 2. The number of hydrogen-bond acceptors (Lipinski definition) is 3. The van der Waals surface area contributed by atoms with Crippen molar-refractivity contribution in [2.45, 2.75) is 32.2 Å². The van der Waals surface area contributed by atoms with E-state index in [-0.39, 0.29) is 18.1 Å². The lowest BCUT2D eigenvalue weighted by atomic mass is 10.1. The van der Waals surface area contributed by atoms with Crippen LogP contribution in [0.3, 0.4) is 0 Å². The normalized spacial score (nSPS) is 15.4. The van der Waals surface area contributed by atoms with Gasteiger partial charge in [-0.15, -0.1) is 0 Å². The fourth-order valence-electron chi connectivity index (χ4n) is 4.06. The zero-order chi connectivity index (χ0) is 22.0. The Morgan fingerprint density at radius 2 is 1.90 bits per heavy atom. The van der Waals surface area contributed by atoms with Crippen LogP contribution in [-0.2, 0) is 16.0 Å². The summed E-state index contributed by atoms with van der Waals surface area (Å²) in [7, 11) is 0. The first-order valence-electron chi connectivity index (χ1n) is 10.5. The molecule has 1 aliphatic heterocycles. The van der Waals surface area contributed by atoms with Crippen LogP contribution < -0.4 is 0 Å². The van der Waals surface area contributed by atoms with Gasteiger partial charge in [0.2, 0.25) is 5.91 Å². The van der Waals surface area contributed by atoms with Crippen LogP contribution in [0.15, 0.2) is 36.4 Å². The maximum Gasteiger partial charge on any atom is 0.245 e. The van der Waals surface area contributed by atoms with Crippen molar-refractivity contribution < 1.29 is 13.9 Å². The number of nitrogens with zero attached hydrogens (tertiary/aromatic N) is 3. The van der Waals surface area contributed by atoms with Crippen LogP contribution in [-0.4, -0.2) is 46.7 Å². The zero-order valence-corrected chi connectivity index (χ0v) is 18.8. The molecule has 1 unspecified atom stereocenters. The standard InChI is InChI=1S/C23H24Cl2FN3O2/c1-2-5-20(23(30)28-8-10-31-11-9-28)29-21-14-17(25)16(24)13-19(21)27-22(29)12-15-6-3-4-7-18(15)26/h3-4,6-7,13-14,20H,2,5,8-12H2,1H3. The van der Waals surface area contributed by atoms with Crippen molar-refractivity contribution in [3.8, 4) is 0 Å². The van der Waals surface area contributed by atoms with Crippen molar-refractivity contribution in [1.82, 2.24) is 14.5 Å². The predicted molar refractivity (Wildman–Crippen MR) is 120 cm³/mol. The smallest absolute Gasteiger partial charge is 0.245 e. The van der Waals surface area contributed by atoms with Crippen LogP contribution in [0.25, 0.3) is 11.0 Å². The molecule has 0 N–H and O–H groups in total. The van der Waals surface area contributed by atoms with Gasteiger partial charge in [-0.1, -0.05) is 54.7 Å². The van der Waals surface area contributed by atoms with Crippen molar-refractivity contribution in [3.05, 3.63) is 63.6 Å². The van der Waals surface area contributed by atoms with Gasteiger partial charge in [0, 0.05) is 19.5 Å². The molecule has 0 spiro atoms. The van der Waals surface area contributed by atoms with E-state index < -0.39 is 6.04 Å². The number of imidazole rings is 1. The molecule has 1 aromatic heterocycles. The molecule has 1 saturated heterocycles. The first-order chi connectivity index (χ1) is 15.0. The lowest BCUT2D eigenvalue weighted by molar-refractivity contribution is -0.139. The van der Waals surface area contributed by atoms with Gasteiger partial charge in [0.1, 0.15) is 17.7 Å². The number of carbonyl (C=O) groups excluding carboxylic acids is 1. The summed E-state index contributed by atoms with van der Waals surface area (Å²) >= 11 is 12.5. The van der Waals surface area contributed by atoms with Crippen LogP contribution in [0.4, 0.5) is 4.39 Å². The molecule has 1 amide bonds. The number of hydrogen-bond donors (Lipinski definition) is 0. The minimum absolute atomic E-state index is 0.0188. The Kier molecular flexibility index (Phi) is 6.80. The van der Waals surface area contributed by atoms with Crippen molar-refractivity contribution in [2.24, 2.45) is 0 Å². The summed E-state index contributed by atoms with van der Waals surface area (Å²) in [6.07, 6.45) is 1.69. The molecule has 0 bridgehead atoms. The van der Waals surface area contributed by atoms with E-state index in [0.717, 1.165) is 11.9 Å². The summed E-state index contributed by atoms with van der Waals surface area (Å²) < 4.78 is 21.8. The lowest BCUT2D eigenvalue weighted by Gasteiger charge is -2.31. The van der Waals surface area contributed by atoms with Gasteiger partial charge < -0.3 is 14.2 Å². The van der Waals surface area contributed by atoms with Gasteiger partial charge in [0.05, 0.1) is 34.3 Å². The van der Waals surface area contributed by atoms with Crippen LogP contribution in [0.5, 0.6) is 0 Å². The van der Waals surface area contributed by atoms with Gasteiger partial charge >= 0.3 is 0 Å². The number of fused-ring (bicyclic) bond motifs is 1. The molecular weight excluding hydrogens is 440 g/mol. The number of rotatable bonds is 6. The summed E-state index contributed by atoms with van der Waals surface area (Å²) in [6, 6.07) is 9.59. The summed E-state index contributed by atoms with van der Waals surface area (Å²) in [5.74, 6) is 0.326. The number of ether oxygens (including phenoxy) is 1. The third kappa shape index (κ3) is 4.56. The molecular formula is C23H24Cl2FN3O2. The molecule has 2 aromatic carbocycles. The molecule has 31 heavy (non-hydrogen) atoms. The maximum absolute atomic E-state index is 14.4. The van der Waals surface area contributed by atoms with E-state index >= 15 is 0 Å². The second-order valence-electron chi connectivity index (χ2n) is 7.66. The molecule has 164 valence electrons. The Labute approximate surface area is 190 Å². The van der Waals surface area contributed by atoms with E-state index in [1.165, 1.54) is 6.07 Å². The molecule has 1 atom stereocenters. The van der Waals surface area contributed by atoms with Gasteiger partial charge in [-0.3, -0.25) is 4.79 Å². The van der Waals surface area contributed by atoms with Gasteiger partial charge in [0.15, 0.2) is 0 Å². The average molecular weight is 464 g/mol. The van der Waals surface area contributed by atoms with Crippen LogP contribution in [0, 0.1) is 5.82 Å². The van der Waals surface area contributed by atoms with Crippen LogP contribution in [0.1, 0.15) is 37.2 Å². The number of carbonyl (C=O) groups is 1. The lowest BCUT2D eigenvalue weighted by Crippen LogP contribution is -2.44. The summed E-state index contributed by atoms with van der Waals surface area (Å²) in [5.41, 5.74) is 1.88. The van der Waals surface area contributed by atoms with E-state index in [0.29, 0.717) is 59.7 Å². The third-order valence-electron chi connectivity index (χ3n) is 5.59. The highest BCUT2D eigenvalue weighted by Crippen LogP contribution is 2.33. The Hall–Kier alpha value is -2.15. The Morgan fingerprint density at radius 1 is 1.19 bits per heavy atom. The fraction of sp³-hybridized carbons (Fsp3) is 0.391. The van der Waals surface area contributed by atoms with E-state index in [9.17, 15) is 9.18 Å². The molecule has 5 nitrogen and oxygen atoms in total. The molecule has 4 rings (SSSR count). The summed E-state index contributed by atoms with van der Waals surface area (Å²) in [5, 5.41) is 0.782. The number of amides is 1. The molecule has 1 aliphatic rings. The minimum Gasteiger partial charge on any atom is -0.378 e. The largest absolute Gasteiger partial charge is 0.378 e. The highest BCUT2D eigenvalue weighted by Gasteiger charge is 2.30. The molecule has 0 radical (unpaired) electrons. The van der Waals surface area contributed by atoms with Crippen molar-refractivity contribution in [2.75, 3.05) is 26.3 Å². The van der Waals surface area contributed by atoms with Crippen LogP contribution >= 0.6 is 23.2 Å². The number of halogens is 3. The second kappa shape index (κ2) is 9.55. The molecule has 1 fully saturated rings. The first kappa shape index (κ1) is 22.1. The predicted octanol–water partition coefficient (Wildman–Crippen LogP) is 5.27. The van der Waals surface area contributed by atoms with Crippen LogP contribution in [0.2, 0.25) is 10.0 Å². The van der Waals surface area contributed by atoms with Crippen molar-refractivity contribution in [3.63, 3.8) is 0 Å². The maximum atomic E-state index is 14.4. The minimum atomic E-state index is -0.466. The third-order valence-corrected chi connectivity index (χ3v) is 6.31. The topological polar surface area (TPSA) is 47.4 Å². The molecule has 3 aromatic rings. The molecule has 2 heterocycles. The van der Waals surface area contributed by atoms with Crippen molar-refractivity contribution in [1.29, 1.82) is 0 Å². The quantitative estimate of drug-likeness (QED) is 0.499. The Morgan fingerprint density at radius 3 is 2.61 bits per heavy atom. The number of morpholine rings is 1. The number of benzene rings is 2. The van der Waals surface area contributed by atoms with E-state index in [2.05, 4.69) is 0 Å². The second-order valence-corrected chi connectivity index (χ2v) is 8.48. The molecule has 0 saturated carbocycles. The SMILES string of the molecule is CCCC(C(=O)N1CCOCC1)n1c(Cc2ccccc2F)nc2cc(Cl)c(Cl)cc21. The Bertz CT molecular complexity index is 1100. The van der Waals surface area contributed by atoms with Gasteiger partial charge in [0.25, 0.3) is 0 Å². The highest BCUT2D eigenvalue weighted by molar-refractivity contribution is 6.42. The molecule has 8 heteroatoms. The van der Waals surface area contributed by atoms with E-state index in [1.807, 2.05) is 16.4 Å². The van der Waals surface area contributed by atoms with E-state index in [4.69, 9.17) is 32.9 Å². The average Bonchev–Trinajstić information content (AvgIpc) is 3.10. The van der Waals surface area contributed by atoms with E-state index in [1.54, 1.807) is 30.3 Å². The van der Waals surface area contributed by atoms with Gasteiger partial charge in [-0.2, -0.15) is 0 Å². The summed E-state index contributed by atoms with van der Waals surface area (Å²) in [4.78, 5) is 20.1. The fourth-order valence-corrected chi connectivity index (χ4v) is 4.37. The van der Waals surface area contributed by atoms with Gasteiger partial charge in [-0.05, 0) is 30.2 Å². The zero-order valence-electron chi connectivity index (χ0n) is 17.3.